The molecule has 2 aliphatic rings. The van der Waals surface area contributed by atoms with Crippen LogP contribution in [0.3, 0.4) is 0 Å². The van der Waals surface area contributed by atoms with Gasteiger partial charge in [-0.25, -0.2) is 0 Å². The van der Waals surface area contributed by atoms with Crippen molar-refractivity contribution in [2.45, 2.75) is 50.7 Å². The van der Waals surface area contributed by atoms with Gasteiger partial charge in [0, 0.05) is 31.2 Å². The Morgan fingerprint density at radius 2 is 2.16 bits per heavy atom. The van der Waals surface area contributed by atoms with Gasteiger partial charge in [-0.1, -0.05) is 25.0 Å². The van der Waals surface area contributed by atoms with Gasteiger partial charge in [0.15, 0.2) is 0 Å². The van der Waals surface area contributed by atoms with Gasteiger partial charge in [-0.2, -0.15) is 0 Å². The number of phenols is 1. The molecule has 1 saturated carbocycles. The second-order valence-corrected chi connectivity index (χ2v) is 6.29. The van der Waals surface area contributed by atoms with E-state index in [0.717, 1.165) is 19.6 Å². The second kappa shape index (κ2) is 5.14. The third-order valence-electron chi connectivity index (χ3n) is 4.76. The van der Waals surface area contributed by atoms with E-state index in [-0.39, 0.29) is 0 Å². The molecule has 1 atom stereocenters. The van der Waals surface area contributed by atoms with Crippen molar-refractivity contribution < 1.29 is 5.11 Å². The molecule has 0 radical (unpaired) electrons. The summed E-state index contributed by atoms with van der Waals surface area (Å²) in [6, 6.07) is 8.23. The van der Waals surface area contributed by atoms with Crippen molar-refractivity contribution in [1.29, 1.82) is 0 Å². The van der Waals surface area contributed by atoms with Gasteiger partial charge < -0.3 is 10.4 Å². The summed E-state index contributed by atoms with van der Waals surface area (Å²) >= 11 is 0. The molecule has 1 aliphatic carbocycles. The fourth-order valence-electron chi connectivity index (χ4n) is 3.58. The summed E-state index contributed by atoms with van der Waals surface area (Å²) in [6.45, 7) is 5.46. The highest BCUT2D eigenvalue weighted by Crippen LogP contribution is 2.33. The number of piperazine rings is 1. The minimum atomic E-state index is 0.364. The van der Waals surface area contributed by atoms with Crippen molar-refractivity contribution in [2.75, 3.05) is 13.1 Å². The van der Waals surface area contributed by atoms with Crippen LogP contribution in [0, 0.1) is 0 Å². The maximum absolute atomic E-state index is 9.58. The van der Waals surface area contributed by atoms with Gasteiger partial charge in [0.1, 0.15) is 5.75 Å². The Labute approximate surface area is 115 Å². The lowest BCUT2D eigenvalue weighted by atomic mass is 9.92. The van der Waals surface area contributed by atoms with Crippen LogP contribution in [0.5, 0.6) is 5.75 Å². The molecule has 19 heavy (non-hydrogen) atoms. The molecule has 2 N–H and O–H groups in total. The molecule has 1 spiro atoms. The standard InChI is InChI=1S/C16H24N2O/c1-13-10-17-16(7-2-3-8-16)12-18(13)11-14-5-4-6-15(19)9-14/h4-6,9,13,17,19H,2-3,7-8,10-12H2,1H3. The topological polar surface area (TPSA) is 35.5 Å². The summed E-state index contributed by atoms with van der Waals surface area (Å²) in [5, 5.41) is 13.4. The van der Waals surface area contributed by atoms with Gasteiger partial charge in [-0.15, -0.1) is 0 Å². The van der Waals surface area contributed by atoms with E-state index in [0.29, 0.717) is 17.3 Å². The molecule has 1 heterocycles. The predicted molar refractivity (Wildman–Crippen MR) is 77.2 cm³/mol. The minimum absolute atomic E-state index is 0.364. The zero-order valence-electron chi connectivity index (χ0n) is 11.7. The van der Waals surface area contributed by atoms with Crippen LogP contribution in [0.1, 0.15) is 38.2 Å². The molecule has 104 valence electrons. The summed E-state index contributed by atoms with van der Waals surface area (Å²) in [6.07, 6.45) is 5.36. The third kappa shape index (κ3) is 2.77. The number of hydrogen-bond acceptors (Lipinski definition) is 3. The van der Waals surface area contributed by atoms with Crippen LogP contribution in [0.4, 0.5) is 0 Å². The summed E-state index contributed by atoms with van der Waals surface area (Å²) in [5.41, 5.74) is 1.57. The first-order valence-electron chi connectivity index (χ1n) is 7.44. The highest BCUT2D eigenvalue weighted by atomic mass is 16.3. The number of nitrogens with zero attached hydrogens (tertiary/aromatic N) is 1. The minimum Gasteiger partial charge on any atom is -0.508 e. The summed E-state index contributed by atoms with van der Waals surface area (Å²) in [5.74, 6) is 0.371. The molecule has 1 unspecified atom stereocenters. The fraction of sp³-hybridized carbons (Fsp3) is 0.625. The van der Waals surface area contributed by atoms with Crippen LogP contribution in [-0.2, 0) is 6.54 Å². The van der Waals surface area contributed by atoms with E-state index < -0.39 is 0 Å². The third-order valence-corrected chi connectivity index (χ3v) is 4.76. The molecule has 0 bridgehead atoms. The van der Waals surface area contributed by atoms with Gasteiger partial charge in [0.2, 0.25) is 0 Å². The van der Waals surface area contributed by atoms with Crippen LogP contribution in [0.2, 0.25) is 0 Å². The molecular formula is C16H24N2O. The van der Waals surface area contributed by atoms with Crippen LogP contribution in [0.15, 0.2) is 24.3 Å². The van der Waals surface area contributed by atoms with Crippen molar-refractivity contribution in [3.63, 3.8) is 0 Å². The van der Waals surface area contributed by atoms with E-state index in [2.05, 4.69) is 23.2 Å². The number of hydrogen-bond donors (Lipinski definition) is 2. The first-order valence-corrected chi connectivity index (χ1v) is 7.44. The number of aromatic hydroxyl groups is 1. The summed E-state index contributed by atoms with van der Waals surface area (Å²) in [7, 11) is 0. The normalized spacial score (nSPS) is 26.9. The molecule has 2 fully saturated rings. The van der Waals surface area contributed by atoms with Crippen LogP contribution >= 0.6 is 0 Å². The monoisotopic (exact) mass is 260 g/mol. The van der Waals surface area contributed by atoms with E-state index in [4.69, 9.17) is 0 Å². The summed E-state index contributed by atoms with van der Waals surface area (Å²) < 4.78 is 0. The quantitative estimate of drug-likeness (QED) is 0.857. The smallest absolute Gasteiger partial charge is 0.115 e. The first-order chi connectivity index (χ1) is 9.17. The second-order valence-electron chi connectivity index (χ2n) is 6.29. The van der Waals surface area contributed by atoms with Gasteiger partial charge >= 0.3 is 0 Å². The molecule has 3 rings (SSSR count). The predicted octanol–water partition coefficient (Wildman–Crippen LogP) is 2.50. The molecule has 0 amide bonds. The molecule has 1 saturated heterocycles. The molecule has 3 nitrogen and oxygen atoms in total. The Morgan fingerprint density at radius 1 is 1.37 bits per heavy atom. The Bertz CT molecular complexity index is 440. The van der Waals surface area contributed by atoms with Crippen molar-refractivity contribution >= 4 is 0 Å². The average Bonchev–Trinajstić information content (AvgIpc) is 2.83. The zero-order valence-corrected chi connectivity index (χ0v) is 11.7. The van der Waals surface area contributed by atoms with Gasteiger partial charge in [0.25, 0.3) is 0 Å². The highest BCUT2D eigenvalue weighted by Gasteiger charge is 2.39. The molecule has 1 aromatic carbocycles. The lowest BCUT2D eigenvalue weighted by molar-refractivity contribution is 0.0826. The fourth-order valence-corrected chi connectivity index (χ4v) is 3.58. The van der Waals surface area contributed by atoms with Crippen molar-refractivity contribution in [3.8, 4) is 5.75 Å². The number of benzene rings is 1. The largest absolute Gasteiger partial charge is 0.508 e. The van der Waals surface area contributed by atoms with Crippen LogP contribution in [-0.4, -0.2) is 34.7 Å². The van der Waals surface area contributed by atoms with Crippen LogP contribution < -0.4 is 5.32 Å². The lowest BCUT2D eigenvalue weighted by Crippen LogP contribution is -2.61. The first kappa shape index (κ1) is 12.9. The average molecular weight is 260 g/mol. The molecule has 3 heteroatoms. The molecule has 1 aromatic rings. The van der Waals surface area contributed by atoms with E-state index >= 15 is 0 Å². The van der Waals surface area contributed by atoms with Gasteiger partial charge in [-0.3, -0.25) is 4.90 Å². The Morgan fingerprint density at radius 3 is 2.89 bits per heavy atom. The molecule has 1 aliphatic heterocycles. The zero-order chi connectivity index (χ0) is 13.3. The Kier molecular flexibility index (Phi) is 3.50. The van der Waals surface area contributed by atoms with E-state index in [1.807, 2.05) is 12.1 Å². The maximum atomic E-state index is 9.58. The van der Waals surface area contributed by atoms with E-state index in [9.17, 15) is 5.11 Å². The van der Waals surface area contributed by atoms with Crippen LogP contribution in [0.25, 0.3) is 0 Å². The number of phenolic OH excluding ortho intramolecular Hbond substituents is 1. The van der Waals surface area contributed by atoms with Crippen molar-refractivity contribution in [1.82, 2.24) is 10.2 Å². The van der Waals surface area contributed by atoms with Gasteiger partial charge in [-0.05, 0) is 37.5 Å². The summed E-state index contributed by atoms with van der Waals surface area (Å²) in [4.78, 5) is 2.57. The van der Waals surface area contributed by atoms with Crippen molar-refractivity contribution in [2.24, 2.45) is 0 Å². The SMILES string of the molecule is CC1CNC2(CCCC2)CN1Cc1cccc(O)c1. The van der Waals surface area contributed by atoms with Crippen molar-refractivity contribution in [3.05, 3.63) is 29.8 Å². The molecular weight excluding hydrogens is 236 g/mol. The highest BCUT2D eigenvalue weighted by molar-refractivity contribution is 5.27. The molecule has 0 aromatic heterocycles. The number of rotatable bonds is 2. The number of nitrogens with one attached hydrogen (secondary N) is 1. The lowest BCUT2D eigenvalue weighted by Gasteiger charge is -2.45. The van der Waals surface area contributed by atoms with Gasteiger partial charge in [0.05, 0.1) is 0 Å². The Balaban J connectivity index is 1.71. The van der Waals surface area contributed by atoms with E-state index in [1.165, 1.54) is 31.2 Å². The maximum Gasteiger partial charge on any atom is 0.115 e. The van der Waals surface area contributed by atoms with E-state index in [1.54, 1.807) is 6.07 Å². The Hall–Kier alpha value is -1.06.